The number of anilines is 1. The molecule has 1 spiro atoms. The van der Waals surface area contributed by atoms with Crippen molar-refractivity contribution in [3.05, 3.63) is 58.1 Å². The van der Waals surface area contributed by atoms with Crippen LogP contribution in [-0.2, 0) is 31.3 Å². The fourth-order valence-electron chi connectivity index (χ4n) is 9.13. The number of aryl methyl sites for hydroxylation is 1. The Morgan fingerprint density at radius 1 is 1.00 bits per heavy atom. The summed E-state index contributed by atoms with van der Waals surface area (Å²) in [5.41, 5.74) is 3.51. The molecule has 2 aromatic rings. The monoisotopic (exact) mass is 713 g/mol. The number of ether oxygens (including phenoxy) is 3. The van der Waals surface area contributed by atoms with Crippen LogP contribution in [0.25, 0.3) is 0 Å². The number of sulfonamides is 1. The van der Waals surface area contributed by atoms with Gasteiger partial charge in [0.15, 0.2) is 6.29 Å². The van der Waals surface area contributed by atoms with Gasteiger partial charge < -0.3 is 24.0 Å². The maximum Gasteiger partial charge on any atom is 0.264 e. The van der Waals surface area contributed by atoms with E-state index in [0.717, 1.165) is 80.9 Å². The molecule has 1 N–H and O–H groups in total. The molecule has 9 nitrogen and oxygen atoms in total. The molecule has 7 rings (SSSR count). The first-order chi connectivity index (χ1) is 23.6. The number of hydrogen-bond acceptors (Lipinski definition) is 8. The number of nitrogens with one attached hydrogen (secondary N) is 1. The number of halogens is 1. The van der Waals surface area contributed by atoms with Crippen LogP contribution >= 0.6 is 11.6 Å². The van der Waals surface area contributed by atoms with E-state index >= 15 is 0 Å². The molecule has 0 aromatic heterocycles. The van der Waals surface area contributed by atoms with Gasteiger partial charge in [0.05, 0.1) is 36.8 Å². The summed E-state index contributed by atoms with van der Waals surface area (Å²) in [4.78, 5) is 18.2. The van der Waals surface area contributed by atoms with E-state index in [9.17, 15) is 13.2 Å². The number of nitrogens with zero attached hydrogens (tertiary/aromatic N) is 2. The predicted molar refractivity (Wildman–Crippen MR) is 192 cm³/mol. The zero-order valence-electron chi connectivity index (χ0n) is 29.2. The van der Waals surface area contributed by atoms with Gasteiger partial charge in [-0.2, -0.15) is 0 Å². The number of carbonyl (C=O) groups is 1. The van der Waals surface area contributed by atoms with Gasteiger partial charge in [-0.1, -0.05) is 37.4 Å². The molecule has 1 amide bonds. The lowest BCUT2D eigenvalue weighted by Crippen LogP contribution is -2.52. The summed E-state index contributed by atoms with van der Waals surface area (Å²) in [7, 11) is 0.259. The molecule has 0 unspecified atom stereocenters. The predicted octanol–water partition coefficient (Wildman–Crippen LogP) is 6.17. The molecule has 2 aliphatic carbocycles. The van der Waals surface area contributed by atoms with E-state index in [1.165, 1.54) is 11.1 Å². The van der Waals surface area contributed by atoms with Crippen LogP contribution in [0.15, 0.2) is 36.4 Å². The second kappa shape index (κ2) is 14.3. The van der Waals surface area contributed by atoms with Crippen LogP contribution < -0.4 is 14.4 Å². The summed E-state index contributed by atoms with van der Waals surface area (Å²) in [6.45, 7) is 5.25. The van der Waals surface area contributed by atoms with E-state index in [-0.39, 0.29) is 23.7 Å². The van der Waals surface area contributed by atoms with Gasteiger partial charge in [-0.3, -0.25) is 4.79 Å². The highest BCUT2D eigenvalue weighted by molar-refractivity contribution is 7.90. The highest BCUT2D eigenvalue weighted by atomic mass is 35.5. The Kier molecular flexibility index (Phi) is 10.3. The minimum atomic E-state index is -3.87. The second-order valence-corrected chi connectivity index (χ2v) is 17.8. The van der Waals surface area contributed by atoms with Gasteiger partial charge in [-0.15, -0.1) is 0 Å². The van der Waals surface area contributed by atoms with Crippen LogP contribution in [0.2, 0.25) is 5.02 Å². The van der Waals surface area contributed by atoms with Gasteiger partial charge in [0.1, 0.15) is 5.75 Å². The molecular weight excluding hydrogens is 662 g/mol. The maximum atomic E-state index is 13.6. The van der Waals surface area contributed by atoms with Crippen LogP contribution in [0.3, 0.4) is 0 Å². The second-order valence-electron chi connectivity index (χ2n) is 15.4. The van der Waals surface area contributed by atoms with Crippen molar-refractivity contribution in [3.8, 4) is 5.75 Å². The molecule has 2 aromatic carbocycles. The highest BCUT2D eigenvalue weighted by Crippen LogP contribution is 2.49. The first-order valence-electron chi connectivity index (χ1n) is 18.3. The number of hydrogen-bond donors (Lipinski definition) is 1. The minimum absolute atomic E-state index is 0.228. The molecule has 268 valence electrons. The van der Waals surface area contributed by atoms with Crippen molar-refractivity contribution < 1.29 is 27.4 Å². The Labute approximate surface area is 297 Å². The Hall–Kier alpha value is -2.37. The summed E-state index contributed by atoms with van der Waals surface area (Å²) < 4.78 is 49.0. The van der Waals surface area contributed by atoms with Crippen molar-refractivity contribution in [1.29, 1.82) is 0 Å². The normalized spacial score (nSPS) is 33.4. The first kappa shape index (κ1) is 35.1. The van der Waals surface area contributed by atoms with Crippen LogP contribution in [0.5, 0.6) is 5.75 Å². The van der Waals surface area contributed by atoms with Gasteiger partial charge >= 0.3 is 0 Å². The molecule has 5 atom stereocenters. The van der Waals surface area contributed by atoms with E-state index in [1.807, 2.05) is 25.1 Å². The number of benzene rings is 2. The van der Waals surface area contributed by atoms with Gasteiger partial charge in [0.25, 0.3) is 5.91 Å². The van der Waals surface area contributed by atoms with E-state index in [1.54, 1.807) is 6.07 Å². The summed E-state index contributed by atoms with van der Waals surface area (Å²) in [5, 5.41) is 0.115. The van der Waals surface area contributed by atoms with Crippen molar-refractivity contribution in [3.63, 3.8) is 0 Å². The van der Waals surface area contributed by atoms with Gasteiger partial charge in [-0.05, 0) is 119 Å². The molecule has 5 aliphatic rings. The van der Waals surface area contributed by atoms with Crippen molar-refractivity contribution in [2.75, 3.05) is 51.9 Å². The van der Waals surface area contributed by atoms with Gasteiger partial charge in [-0.25, -0.2) is 13.1 Å². The number of likely N-dealkylation sites (N-methyl/N-ethyl adjacent to an activating group) is 1. The summed E-state index contributed by atoms with van der Waals surface area (Å²) in [5.74, 6) is 1.22. The lowest BCUT2D eigenvalue weighted by atomic mass is 9.64. The standard InChI is InChI=1S/C38H52ClN3O6S/c1-4-30-9-5-6-10-32(37-46-21-29(22-47-37)41(2)3)31-14-11-27(31)20-42-23-38(17-7-8-25-18-28(39)13-15-33(25)38)24-48-35-16-12-26(19-34(35)42)36(43)40-49(30,44)45/h12-13,15-16,18-19,27,29-32,37H,4-11,14,17,20-24H2,1-3H3,(H,40,43)/t27-,29?,30+,31+,32+,37?,38-/m0/s1. The van der Waals surface area contributed by atoms with Gasteiger partial charge in [0, 0.05) is 35.0 Å². The Morgan fingerprint density at radius 3 is 2.53 bits per heavy atom. The van der Waals surface area contributed by atoms with Gasteiger partial charge in [0.2, 0.25) is 10.0 Å². The van der Waals surface area contributed by atoms with Crippen molar-refractivity contribution in [1.82, 2.24) is 9.62 Å². The van der Waals surface area contributed by atoms with E-state index < -0.39 is 21.2 Å². The molecule has 11 heteroatoms. The lowest BCUT2D eigenvalue weighted by molar-refractivity contribution is -0.240. The fraction of sp³-hybridized carbons (Fsp3) is 0.658. The van der Waals surface area contributed by atoms with E-state index in [4.69, 9.17) is 25.8 Å². The molecular formula is C38H52ClN3O6S. The SMILES string of the molecule is CC[C@@H]1CCCC[C@@H](C2OCC(N(C)C)CO2)[C@@H]2CC[C@H]2CN2C[C@@]3(CCCc4cc(Cl)ccc43)COc3ccc(cc32)C(=O)NS1(=O)=O. The minimum Gasteiger partial charge on any atom is -0.490 e. The summed E-state index contributed by atoms with van der Waals surface area (Å²) >= 11 is 6.47. The summed E-state index contributed by atoms with van der Waals surface area (Å²) in [6.07, 6.45) is 8.53. The number of carbonyl (C=O) groups excluding carboxylic acids is 1. The average molecular weight is 714 g/mol. The van der Waals surface area contributed by atoms with Crippen molar-refractivity contribution in [2.24, 2.45) is 17.8 Å². The largest absolute Gasteiger partial charge is 0.490 e. The molecule has 3 aliphatic heterocycles. The lowest BCUT2D eigenvalue weighted by Gasteiger charge is -2.49. The van der Waals surface area contributed by atoms with Crippen LogP contribution in [0, 0.1) is 17.8 Å². The summed E-state index contributed by atoms with van der Waals surface area (Å²) in [6, 6.07) is 11.9. The zero-order valence-corrected chi connectivity index (χ0v) is 30.7. The van der Waals surface area contributed by atoms with Crippen LogP contribution in [-0.4, -0.2) is 83.8 Å². The van der Waals surface area contributed by atoms with Crippen molar-refractivity contribution in [2.45, 2.75) is 94.1 Å². The van der Waals surface area contributed by atoms with Crippen molar-refractivity contribution >= 4 is 33.2 Å². The number of amides is 1. The molecule has 1 saturated carbocycles. The Balaban J connectivity index is 1.26. The number of fused-ring (bicyclic) bond motifs is 4. The topological polar surface area (TPSA) is 97.4 Å². The van der Waals surface area contributed by atoms with Crippen LogP contribution in [0.1, 0.15) is 86.2 Å². The molecule has 49 heavy (non-hydrogen) atoms. The zero-order chi connectivity index (χ0) is 34.3. The molecule has 2 bridgehead atoms. The average Bonchev–Trinajstić information content (AvgIpc) is 3.22. The third kappa shape index (κ3) is 7.10. The maximum absolute atomic E-state index is 13.6. The third-order valence-electron chi connectivity index (χ3n) is 12.2. The molecule has 3 heterocycles. The quantitative estimate of drug-likeness (QED) is 0.404. The molecule has 1 saturated heterocycles. The smallest absolute Gasteiger partial charge is 0.264 e. The first-order valence-corrected chi connectivity index (χ1v) is 20.3. The Bertz CT molecular complexity index is 1630. The number of rotatable bonds is 3. The van der Waals surface area contributed by atoms with E-state index in [2.05, 4.69) is 40.7 Å². The third-order valence-corrected chi connectivity index (χ3v) is 14.4. The van der Waals surface area contributed by atoms with E-state index in [0.29, 0.717) is 50.1 Å². The Morgan fingerprint density at radius 2 is 1.80 bits per heavy atom. The van der Waals surface area contributed by atoms with Crippen LogP contribution in [0.4, 0.5) is 5.69 Å². The fourth-order valence-corrected chi connectivity index (χ4v) is 10.8. The molecule has 0 radical (unpaired) electrons. The molecule has 2 fully saturated rings. The highest BCUT2D eigenvalue weighted by Gasteiger charge is 2.46.